The van der Waals surface area contributed by atoms with Crippen molar-refractivity contribution >= 4 is 7.12 Å². The lowest BCUT2D eigenvalue weighted by Gasteiger charge is -2.32. The fourth-order valence-electron chi connectivity index (χ4n) is 1.79. The summed E-state index contributed by atoms with van der Waals surface area (Å²) < 4.78 is 16.8. The number of hydrogen-bond donors (Lipinski definition) is 0. The number of ether oxygens (including phenoxy) is 1. The van der Waals surface area contributed by atoms with E-state index in [1.54, 1.807) is 19.5 Å². The second-order valence-corrected chi connectivity index (χ2v) is 5.47. The van der Waals surface area contributed by atoms with Crippen molar-refractivity contribution in [2.24, 2.45) is 0 Å². The van der Waals surface area contributed by atoms with Crippen molar-refractivity contribution in [3.05, 3.63) is 18.0 Å². The summed E-state index contributed by atoms with van der Waals surface area (Å²) >= 11 is 0. The largest absolute Gasteiger partial charge is 0.467 e. The molecule has 0 atom stereocenters. The van der Waals surface area contributed by atoms with Gasteiger partial charge in [0.2, 0.25) is 0 Å². The predicted octanol–water partition coefficient (Wildman–Crippen LogP) is 1.66. The third-order valence-corrected chi connectivity index (χ3v) is 3.57. The Kier molecular flexibility index (Phi) is 3.34. The lowest BCUT2D eigenvalue weighted by atomic mass is 9.82. The Bertz CT molecular complexity index is 404. The van der Waals surface area contributed by atoms with Crippen molar-refractivity contribution in [1.82, 2.24) is 9.97 Å². The number of aromatic nitrogens is 2. The first-order chi connectivity index (χ1) is 8.34. The van der Waals surface area contributed by atoms with Gasteiger partial charge in [0.05, 0.1) is 18.3 Å². The second-order valence-electron chi connectivity index (χ2n) is 5.47. The van der Waals surface area contributed by atoms with Crippen LogP contribution in [0.4, 0.5) is 0 Å². The van der Waals surface area contributed by atoms with E-state index in [0.29, 0.717) is 12.3 Å². The lowest BCUT2D eigenvalue weighted by Crippen LogP contribution is -2.41. The van der Waals surface area contributed by atoms with Crippen LogP contribution in [0, 0.1) is 0 Å². The zero-order chi connectivity index (χ0) is 13.4. The molecule has 1 aliphatic rings. The van der Waals surface area contributed by atoms with Gasteiger partial charge in [-0.25, -0.2) is 9.97 Å². The van der Waals surface area contributed by atoms with Crippen LogP contribution in [0.3, 0.4) is 0 Å². The number of nitrogens with zero attached hydrogens (tertiary/aromatic N) is 2. The molecule has 0 aliphatic carbocycles. The average Bonchev–Trinajstić information content (AvgIpc) is 2.48. The maximum absolute atomic E-state index is 5.92. The van der Waals surface area contributed by atoms with Gasteiger partial charge < -0.3 is 14.0 Å². The summed E-state index contributed by atoms with van der Waals surface area (Å²) in [6.07, 6.45) is 4.10. The summed E-state index contributed by atoms with van der Waals surface area (Å²) in [5, 5.41) is 0. The molecule has 1 aromatic heterocycles. The van der Waals surface area contributed by atoms with Crippen molar-refractivity contribution in [2.75, 3.05) is 7.11 Å². The predicted molar refractivity (Wildman–Crippen MR) is 68.4 cm³/mol. The molecule has 0 saturated carbocycles. The first-order valence-corrected chi connectivity index (χ1v) is 6.04. The molecule has 2 heterocycles. The van der Waals surface area contributed by atoms with Gasteiger partial charge in [0.1, 0.15) is 0 Å². The van der Waals surface area contributed by atoms with Crippen LogP contribution in [0.25, 0.3) is 0 Å². The highest BCUT2D eigenvalue weighted by atomic mass is 16.7. The van der Waals surface area contributed by atoms with Gasteiger partial charge in [0.25, 0.3) is 0 Å². The highest BCUT2D eigenvalue weighted by molar-refractivity contribution is 6.44. The molecule has 1 fully saturated rings. The summed E-state index contributed by atoms with van der Waals surface area (Å²) in [5.41, 5.74) is 0.366. The molecule has 98 valence electrons. The SMILES string of the molecule is COc1ncc(CB2OC(C)(C)C(C)(C)O2)cn1. The Labute approximate surface area is 108 Å². The maximum atomic E-state index is 5.92. The van der Waals surface area contributed by atoms with Crippen LogP contribution in [0.2, 0.25) is 0 Å². The van der Waals surface area contributed by atoms with Crippen LogP contribution in [-0.4, -0.2) is 35.4 Å². The van der Waals surface area contributed by atoms with Gasteiger partial charge >= 0.3 is 13.1 Å². The number of rotatable bonds is 3. The molecule has 5 nitrogen and oxygen atoms in total. The van der Waals surface area contributed by atoms with Gasteiger partial charge in [-0.05, 0) is 33.3 Å². The monoisotopic (exact) mass is 250 g/mol. The van der Waals surface area contributed by atoms with E-state index >= 15 is 0 Å². The molecule has 0 radical (unpaired) electrons. The normalized spacial score (nSPS) is 21.1. The molecular formula is C12H19BN2O3. The van der Waals surface area contributed by atoms with Crippen molar-refractivity contribution < 1.29 is 14.0 Å². The molecule has 0 spiro atoms. The fraction of sp³-hybridized carbons (Fsp3) is 0.667. The molecular weight excluding hydrogens is 231 g/mol. The minimum absolute atomic E-state index is 0.257. The van der Waals surface area contributed by atoms with Gasteiger partial charge in [-0.3, -0.25) is 0 Å². The van der Waals surface area contributed by atoms with Crippen LogP contribution >= 0.6 is 0 Å². The molecule has 0 bridgehead atoms. The smallest absolute Gasteiger partial charge is 0.462 e. The number of hydrogen-bond acceptors (Lipinski definition) is 5. The standard InChI is InChI=1S/C12H19BN2O3/c1-11(2)12(3,4)18-13(17-11)6-9-7-14-10(16-5)15-8-9/h7-8H,6H2,1-5H3. The van der Waals surface area contributed by atoms with E-state index in [-0.39, 0.29) is 18.3 Å². The minimum Gasteiger partial charge on any atom is -0.467 e. The highest BCUT2D eigenvalue weighted by Gasteiger charge is 2.50. The molecule has 0 aromatic carbocycles. The Balaban J connectivity index is 2.03. The third-order valence-electron chi connectivity index (χ3n) is 3.57. The maximum Gasteiger partial charge on any atom is 0.462 e. The van der Waals surface area contributed by atoms with E-state index in [1.165, 1.54) is 0 Å². The summed E-state index contributed by atoms with van der Waals surface area (Å²) in [4.78, 5) is 8.13. The van der Waals surface area contributed by atoms with Gasteiger partial charge in [0.15, 0.2) is 0 Å². The van der Waals surface area contributed by atoms with Gasteiger partial charge in [-0.15, -0.1) is 0 Å². The molecule has 0 N–H and O–H groups in total. The van der Waals surface area contributed by atoms with Crippen LogP contribution in [0.15, 0.2) is 12.4 Å². The van der Waals surface area contributed by atoms with Crippen molar-refractivity contribution in [1.29, 1.82) is 0 Å². The van der Waals surface area contributed by atoms with Crippen LogP contribution in [0.5, 0.6) is 6.01 Å². The van der Waals surface area contributed by atoms with Crippen LogP contribution in [-0.2, 0) is 15.6 Å². The van der Waals surface area contributed by atoms with Gasteiger partial charge in [0, 0.05) is 18.7 Å². The lowest BCUT2D eigenvalue weighted by molar-refractivity contribution is 0.00578. The summed E-state index contributed by atoms with van der Waals surface area (Å²) in [6, 6.07) is 0.368. The number of methoxy groups -OCH3 is 1. The third kappa shape index (κ3) is 2.49. The zero-order valence-electron chi connectivity index (χ0n) is 11.6. The van der Waals surface area contributed by atoms with E-state index in [9.17, 15) is 0 Å². The highest BCUT2D eigenvalue weighted by Crippen LogP contribution is 2.37. The molecule has 0 unspecified atom stereocenters. The van der Waals surface area contributed by atoms with E-state index in [4.69, 9.17) is 14.0 Å². The summed E-state index contributed by atoms with van der Waals surface area (Å²) in [6.45, 7) is 8.16. The van der Waals surface area contributed by atoms with Gasteiger partial charge in [-0.2, -0.15) is 0 Å². The molecule has 0 amide bonds. The Hall–Kier alpha value is -1.14. The van der Waals surface area contributed by atoms with E-state index in [1.807, 2.05) is 27.7 Å². The molecule has 6 heteroatoms. The molecule has 1 aromatic rings. The van der Waals surface area contributed by atoms with E-state index in [2.05, 4.69) is 9.97 Å². The molecule has 1 saturated heterocycles. The van der Waals surface area contributed by atoms with Crippen molar-refractivity contribution in [2.45, 2.75) is 45.2 Å². The topological polar surface area (TPSA) is 53.5 Å². The Morgan fingerprint density at radius 3 is 2.06 bits per heavy atom. The molecule has 18 heavy (non-hydrogen) atoms. The van der Waals surface area contributed by atoms with Crippen LogP contribution in [0.1, 0.15) is 33.3 Å². The summed E-state index contributed by atoms with van der Waals surface area (Å²) in [7, 11) is 1.29. The van der Waals surface area contributed by atoms with E-state index < -0.39 is 0 Å². The van der Waals surface area contributed by atoms with Crippen LogP contribution < -0.4 is 4.74 Å². The molecule has 2 rings (SSSR count). The first-order valence-electron chi connectivity index (χ1n) is 6.04. The Morgan fingerprint density at radius 2 is 1.61 bits per heavy atom. The zero-order valence-corrected chi connectivity index (χ0v) is 11.6. The fourth-order valence-corrected chi connectivity index (χ4v) is 1.79. The van der Waals surface area contributed by atoms with E-state index in [0.717, 1.165) is 5.56 Å². The first kappa shape index (κ1) is 13.3. The van der Waals surface area contributed by atoms with Crippen molar-refractivity contribution in [3.63, 3.8) is 0 Å². The average molecular weight is 250 g/mol. The van der Waals surface area contributed by atoms with Crippen molar-refractivity contribution in [3.8, 4) is 6.01 Å². The minimum atomic E-state index is -0.301. The Morgan fingerprint density at radius 1 is 1.11 bits per heavy atom. The quantitative estimate of drug-likeness (QED) is 0.763. The molecule has 1 aliphatic heterocycles. The summed E-state index contributed by atoms with van der Waals surface area (Å²) in [5.74, 6) is 0. The second kappa shape index (κ2) is 4.51. The van der Waals surface area contributed by atoms with Gasteiger partial charge in [-0.1, -0.05) is 0 Å².